The van der Waals surface area contributed by atoms with Crippen LogP contribution in [-0.4, -0.2) is 29.1 Å². The lowest BCUT2D eigenvalue weighted by atomic mass is 9.90. The Morgan fingerprint density at radius 1 is 1.03 bits per heavy atom. The van der Waals surface area contributed by atoms with Crippen LogP contribution in [0.2, 0.25) is 0 Å². The zero-order valence-corrected chi connectivity index (χ0v) is 23.9. The smallest absolute Gasteiger partial charge is 0.306 e. The molecule has 7 heteroatoms. The van der Waals surface area contributed by atoms with E-state index in [-0.39, 0.29) is 23.7 Å². The van der Waals surface area contributed by atoms with Crippen LogP contribution in [0.4, 0.5) is 4.39 Å². The van der Waals surface area contributed by atoms with Gasteiger partial charge < -0.3 is 14.2 Å². The van der Waals surface area contributed by atoms with E-state index in [0.717, 1.165) is 17.5 Å². The molecule has 0 N–H and O–H groups in total. The molecule has 0 amide bonds. The number of ether oxygens (including phenoxy) is 3. The molecule has 1 saturated carbocycles. The van der Waals surface area contributed by atoms with Gasteiger partial charge in [-0.2, -0.15) is 0 Å². The number of carbonyl (C=O) groups is 1. The number of hydrogen-bond donors (Lipinski definition) is 0. The second-order valence-electron chi connectivity index (χ2n) is 10.3. The SMILES string of the molecule is CCOC(=O)CC(CC1CC1)c1cccc(OCc2ccc(-c3cc(OC)ccc3F)c(S(=O)C(C)C)c2)c1. The van der Waals surface area contributed by atoms with E-state index in [9.17, 15) is 13.4 Å². The van der Waals surface area contributed by atoms with Gasteiger partial charge in [-0.15, -0.1) is 0 Å². The molecule has 0 bridgehead atoms. The van der Waals surface area contributed by atoms with E-state index in [1.54, 1.807) is 18.2 Å². The molecule has 2 unspecified atom stereocenters. The molecule has 208 valence electrons. The summed E-state index contributed by atoms with van der Waals surface area (Å²) < 4.78 is 44.7. The normalized spacial score (nSPS) is 14.6. The maximum Gasteiger partial charge on any atom is 0.306 e. The number of hydrogen-bond acceptors (Lipinski definition) is 5. The summed E-state index contributed by atoms with van der Waals surface area (Å²) in [5.41, 5.74) is 2.82. The number of esters is 1. The van der Waals surface area contributed by atoms with Crippen molar-refractivity contribution >= 4 is 16.8 Å². The molecule has 2 atom stereocenters. The first-order valence-corrected chi connectivity index (χ1v) is 14.8. The molecule has 39 heavy (non-hydrogen) atoms. The molecule has 5 nitrogen and oxygen atoms in total. The molecule has 1 aliphatic carbocycles. The number of halogens is 1. The first-order valence-electron chi connectivity index (χ1n) is 13.5. The van der Waals surface area contributed by atoms with Crippen molar-refractivity contribution in [3.8, 4) is 22.6 Å². The van der Waals surface area contributed by atoms with Crippen molar-refractivity contribution in [2.24, 2.45) is 5.92 Å². The van der Waals surface area contributed by atoms with Crippen LogP contribution in [0, 0.1) is 11.7 Å². The molecule has 0 saturated heterocycles. The molecule has 3 aromatic carbocycles. The number of carbonyl (C=O) groups excluding carboxylic acids is 1. The minimum Gasteiger partial charge on any atom is -0.497 e. The van der Waals surface area contributed by atoms with Gasteiger partial charge in [0.25, 0.3) is 0 Å². The molecule has 0 spiro atoms. The molecule has 4 rings (SSSR count). The van der Waals surface area contributed by atoms with Crippen molar-refractivity contribution in [3.63, 3.8) is 0 Å². The monoisotopic (exact) mass is 552 g/mol. The highest BCUT2D eigenvalue weighted by Crippen LogP contribution is 2.41. The molecular formula is C32H37FO5S. The summed E-state index contributed by atoms with van der Waals surface area (Å²) in [7, 11) is 0.186. The molecule has 1 fully saturated rings. The fourth-order valence-corrected chi connectivity index (χ4v) is 5.85. The molecular weight excluding hydrogens is 515 g/mol. The van der Waals surface area contributed by atoms with Crippen molar-refractivity contribution in [1.82, 2.24) is 0 Å². The average Bonchev–Trinajstić information content (AvgIpc) is 3.76. The summed E-state index contributed by atoms with van der Waals surface area (Å²) in [5.74, 6) is 1.42. The van der Waals surface area contributed by atoms with Crippen molar-refractivity contribution in [1.29, 1.82) is 0 Å². The van der Waals surface area contributed by atoms with E-state index in [0.29, 0.717) is 46.5 Å². The topological polar surface area (TPSA) is 61.8 Å². The summed E-state index contributed by atoms with van der Waals surface area (Å²) in [6.45, 7) is 6.22. The lowest BCUT2D eigenvalue weighted by Gasteiger charge is -2.18. The standard InChI is InChI=1S/C32H37FO5S/c1-5-37-32(34)18-25(15-22-9-10-22)24-7-6-8-27(17-24)38-20-23-11-13-28(31(16-23)39(35)21(2)3)29-19-26(36-4)12-14-30(29)33/h6-8,11-14,16-17,19,21-22,25H,5,9-10,15,18,20H2,1-4H3. The molecule has 0 aliphatic heterocycles. The zero-order valence-electron chi connectivity index (χ0n) is 23.1. The summed E-state index contributed by atoms with van der Waals surface area (Å²) >= 11 is 0. The van der Waals surface area contributed by atoms with Gasteiger partial charge in [-0.1, -0.05) is 51.0 Å². The van der Waals surface area contributed by atoms with Crippen LogP contribution < -0.4 is 9.47 Å². The highest BCUT2D eigenvalue weighted by molar-refractivity contribution is 7.85. The molecule has 0 radical (unpaired) electrons. The zero-order chi connectivity index (χ0) is 27.9. The van der Waals surface area contributed by atoms with Crippen LogP contribution >= 0.6 is 0 Å². The van der Waals surface area contributed by atoms with Gasteiger partial charge in [-0.25, -0.2) is 4.39 Å². The first kappa shape index (κ1) is 28.8. The fraction of sp³-hybridized carbons (Fsp3) is 0.406. The van der Waals surface area contributed by atoms with Gasteiger partial charge in [0.2, 0.25) is 0 Å². The Morgan fingerprint density at radius 2 is 1.82 bits per heavy atom. The summed E-state index contributed by atoms with van der Waals surface area (Å²) in [4.78, 5) is 12.8. The van der Waals surface area contributed by atoms with E-state index in [1.165, 1.54) is 26.0 Å². The summed E-state index contributed by atoms with van der Waals surface area (Å²) in [5, 5.41) is -0.145. The Morgan fingerprint density at radius 3 is 2.51 bits per heavy atom. The predicted molar refractivity (Wildman–Crippen MR) is 152 cm³/mol. The minimum atomic E-state index is -1.35. The predicted octanol–water partition coefficient (Wildman–Crippen LogP) is 7.43. The van der Waals surface area contributed by atoms with Crippen LogP contribution in [-0.2, 0) is 26.9 Å². The van der Waals surface area contributed by atoms with Gasteiger partial charge in [-0.05, 0) is 72.7 Å². The van der Waals surface area contributed by atoms with E-state index >= 15 is 0 Å². The molecule has 0 aromatic heterocycles. The van der Waals surface area contributed by atoms with Crippen LogP contribution in [0.5, 0.6) is 11.5 Å². The van der Waals surface area contributed by atoms with Crippen LogP contribution in [0.1, 0.15) is 63.5 Å². The average molecular weight is 553 g/mol. The Kier molecular flexibility index (Phi) is 9.78. The maximum absolute atomic E-state index is 14.8. The Balaban J connectivity index is 1.56. The Bertz CT molecular complexity index is 1320. The Labute approximate surface area is 233 Å². The molecule has 0 heterocycles. The number of benzene rings is 3. The quantitative estimate of drug-likeness (QED) is 0.206. The largest absolute Gasteiger partial charge is 0.497 e. The van der Waals surface area contributed by atoms with Gasteiger partial charge in [0.05, 0.1) is 30.9 Å². The third-order valence-electron chi connectivity index (χ3n) is 6.92. The van der Waals surface area contributed by atoms with Crippen LogP contribution in [0.15, 0.2) is 65.6 Å². The van der Waals surface area contributed by atoms with Gasteiger partial charge >= 0.3 is 5.97 Å². The van der Waals surface area contributed by atoms with Crippen molar-refractivity contribution in [2.75, 3.05) is 13.7 Å². The van der Waals surface area contributed by atoms with Crippen molar-refractivity contribution in [3.05, 3.63) is 77.6 Å². The van der Waals surface area contributed by atoms with Gasteiger partial charge in [-0.3, -0.25) is 9.00 Å². The molecule has 3 aromatic rings. The van der Waals surface area contributed by atoms with Gasteiger partial charge in [0.1, 0.15) is 23.9 Å². The summed E-state index contributed by atoms with van der Waals surface area (Å²) in [6, 6.07) is 17.9. The lowest BCUT2D eigenvalue weighted by Crippen LogP contribution is -2.11. The van der Waals surface area contributed by atoms with E-state index in [4.69, 9.17) is 14.2 Å². The highest BCUT2D eigenvalue weighted by atomic mass is 32.2. The lowest BCUT2D eigenvalue weighted by molar-refractivity contribution is -0.143. The van der Waals surface area contributed by atoms with Crippen LogP contribution in [0.3, 0.4) is 0 Å². The van der Waals surface area contributed by atoms with Crippen molar-refractivity contribution < 1.29 is 27.6 Å². The van der Waals surface area contributed by atoms with Gasteiger partial charge in [0.15, 0.2) is 0 Å². The number of rotatable bonds is 13. The first-order chi connectivity index (χ1) is 18.8. The van der Waals surface area contributed by atoms with Gasteiger partial charge in [0, 0.05) is 21.3 Å². The molecule has 1 aliphatic rings. The van der Waals surface area contributed by atoms with Crippen LogP contribution in [0.25, 0.3) is 11.1 Å². The highest BCUT2D eigenvalue weighted by Gasteiger charge is 2.28. The van der Waals surface area contributed by atoms with Crippen molar-refractivity contribution in [2.45, 2.75) is 69.1 Å². The van der Waals surface area contributed by atoms with E-state index < -0.39 is 16.6 Å². The summed E-state index contributed by atoms with van der Waals surface area (Å²) in [6.07, 6.45) is 3.76. The minimum absolute atomic E-state index is 0.0946. The maximum atomic E-state index is 14.8. The van der Waals surface area contributed by atoms with E-state index in [2.05, 4.69) is 0 Å². The Hall–Kier alpha value is -3.19. The third-order valence-corrected chi connectivity index (χ3v) is 8.55. The van der Waals surface area contributed by atoms with E-state index in [1.807, 2.05) is 57.2 Å². The fourth-order valence-electron chi connectivity index (χ4n) is 4.68. The number of methoxy groups -OCH3 is 1. The third kappa shape index (κ3) is 7.69. The second kappa shape index (κ2) is 13.2. The second-order valence-corrected chi connectivity index (χ2v) is 12.2.